The number of para-hydroxylation sites is 1. The molecule has 160 valence electrons. The van der Waals surface area contributed by atoms with Crippen molar-refractivity contribution in [1.82, 2.24) is 15.6 Å². The van der Waals surface area contributed by atoms with Crippen LogP contribution in [-0.4, -0.2) is 36.8 Å². The molecule has 0 aliphatic carbocycles. The van der Waals surface area contributed by atoms with Crippen LogP contribution in [0.4, 0.5) is 13.2 Å². The Morgan fingerprint density at radius 2 is 1.93 bits per heavy atom. The second-order valence-corrected chi connectivity index (χ2v) is 6.26. The number of rotatable bonds is 8. The molecule has 2 aromatic rings. The Morgan fingerprint density at radius 1 is 1.17 bits per heavy atom. The Morgan fingerprint density at radius 3 is 2.59 bits per heavy atom. The van der Waals surface area contributed by atoms with Gasteiger partial charge in [0.05, 0.1) is 6.54 Å². The van der Waals surface area contributed by atoms with Crippen LogP contribution in [-0.2, 0) is 13.0 Å². The summed E-state index contributed by atoms with van der Waals surface area (Å²) in [7, 11) is 0. The number of hydrogen-bond acceptors (Lipinski definition) is 3. The highest BCUT2D eigenvalue weighted by molar-refractivity contribution is 14.0. The number of hydrogen-bond donors (Lipinski definition) is 2. The van der Waals surface area contributed by atoms with Gasteiger partial charge >= 0.3 is 6.18 Å². The lowest BCUT2D eigenvalue weighted by atomic mass is 10.2. The van der Waals surface area contributed by atoms with Gasteiger partial charge in [-0.3, -0.25) is 0 Å². The molecule has 1 aromatic carbocycles. The van der Waals surface area contributed by atoms with Crippen molar-refractivity contribution in [3.05, 3.63) is 58.9 Å². The van der Waals surface area contributed by atoms with Gasteiger partial charge in [0, 0.05) is 24.8 Å². The van der Waals surface area contributed by atoms with E-state index in [9.17, 15) is 13.2 Å². The minimum absolute atomic E-state index is 0. The van der Waals surface area contributed by atoms with Crippen LogP contribution in [0.15, 0.2) is 47.6 Å². The Balaban J connectivity index is 0.00000420. The van der Waals surface area contributed by atoms with Gasteiger partial charge in [0.15, 0.2) is 12.6 Å². The number of aliphatic imine (C=N–C) groups is 1. The molecule has 0 atom stereocenters. The molecular formula is C19H23ClF3IN4O. The van der Waals surface area contributed by atoms with E-state index in [1.807, 2.05) is 13.0 Å². The summed E-state index contributed by atoms with van der Waals surface area (Å²) in [5, 5.41) is 6.73. The summed E-state index contributed by atoms with van der Waals surface area (Å²) in [6, 6.07) is 10.2. The van der Waals surface area contributed by atoms with E-state index in [1.54, 1.807) is 30.5 Å². The molecule has 0 aliphatic rings. The van der Waals surface area contributed by atoms with Crippen LogP contribution in [0.2, 0.25) is 5.15 Å². The summed E-state index contributed by atoms with van der Waals surface area (Å²) in [5.74, 6) is 0.738. The zero-order valence-corrected chi connectivity index (χ0v) is 18.9. The third-order valence-electron chi connectivity index (χ3n) is 3.61. The molecule has 2 N–H and O–H groups in total. The van der Waals surface area contributed by atoms with Crippen LogP contribution in [0, 0.1) is 0 Å². The van der Waals surface area contributed by atoms with Crippen LogP contribution in [0.3, 0.4) is 0 Å². The van der Waals surface area contributed by atoms with E-state index in [0.29, 0.717) is 29.8 Å². The van der Waals surface area contributed by atoms with Gasteiger partial charge in [-0.25, -0.2) is 9.98 Å². The molecule has 0 saturated heterocycles. The third kappa shape index (κ3) is 10.0. The normalized spacial score (nSPS) is 11.6. The molecule has 0 spiro atoms. The number of alkyl halides is 3. The van der Waals surface area contributed by atoms with Crippen molar-refractivity contribution in [2.24, 2.45) is 4.99 Å². The Bertz CT molecular complexity index is 773. The van der Waals surface area contributed by atoms with Gasteiger partial charge in [-0.05, 0) is 31.0 Å². The van der Waals surface area contributed by atoms with Crippen LogP contribution in [0.1, 0.15) is 18.1 Å². The maximum absolute atomic E-state index is 12.4. The van der Waals surface area contributed by atoms with Crippen LogP contribution in [0.5, 0.6) is 5.75 Å². The number of aromatic nitrogens is 1. The molecule has 0 amide bonds. The Kier molecular flexibility index (Phi) is 11.1. The van der Waals surface area contributed by atoms with Crippen LogP contribution in [0.25, 0.3) is 0 Å². The van der Waals surface area contributed by atoms with Crippen molar-refractivity contribution in [3.63, 3.8) is 0 Å². The lowest BCUT2D eigenvalue weighted by Crippen LogP contribution is -2.38. The number of guanidine groups is 1. The summed E-state index contributed by atoms with van der Waals surface area (Å²) >= 11 is 5.77. The Labute approximate surface area is 190 Å². The highest BCUT2D eigenvalue weighted by atomic mass is 127. The molecule has 29 heavy (non-hydrogen) atoms. The minimum Gasteiger partial charge on any atom is -0.484 e. The zero-order valence-electron chi connectivity index (χ0n) is 15.8. The summed E-state index contributed by atoms with van der Waals surface area (Å²) in [4.78, 5) is 8.46. The predicted octanol–water partition coefficient (Wildman–Crippen LogP) is 4.59. The van der Waals surface area contributed by atoms with E-state index >= 15 is 0 Å². The van der Waals surface area contributed by atoms with Gasteiger partial charge in [0.2, 0.25) is 0 Å². The van der Waals surface area contributed by atoms with Crippen molar-refractivity contribution >= 4 is 41.5 Å². The van der Waals surface area contributed by atoms with Gasteiger partial charge < -0.3 is 15.4 Å². The molecular weight excluding hydrogens is 520 g/mol. The first kappa shape index (κ1) is 25.3. The van der Waals surface area contributed by atoms with Crippen LogP contribution >= 0.6 is 35.6 Å². The zero-order chi connectivity index (χ0) is 20.4. The smallest absolute Gasteiger partial charge is 0.422 e. The number of pyridine rings is 1. The topological polar surface area (TPSA) is 58.5 Å². The fourth-order valence-corrected chi connectivity index (χ4v) is 2.43. The molecule has 5 nitrogen and oxygen atoms in total. The SMILES string of the molecule is CCNC(=NCc1ccccc1OCC(F)(F)F)NCCc1ccc(Cl)nc1.I. The summed E-state index contributed by atoms with van der Waals surface area (Å²) < 4.78 is 42.1. The fourth-order valence-electron chi connectivity index (χ4n) is 2.32. The van der Waals surface area contributed by atoms with Crippen molar-refractivity contribution in [1.29, 1.82) is 0 Å². The lowest BCUT2D eigenvalue weighted by Gasteiger charge is -2.14. The van der Waals surface area contributed by atoms with Crippen molar-refractivity contribution in [2.75, 3.05) is 19.7 Å². The molecule has 1 aromatic heterocycles. The van der Waals surface area contributed by atoms with E-state index in [4.69, 9.17) is 16.3 Å². The van der Waals surface area contributed by atoms with E-state index < -0.39 is 12.8 Å². The maximum Gasteiger partial charge on any atom is 0.422 e. The second kappa shape index (κ2) is 12.7. The standard InChI is InChI=1S/C19H22ClF3N4O.HI/c1-2-24-18(25-10-9-14-7-8-17(20)26-11-14)27-12-15-5-3-4-6-16(15)28-13-19(21,22)23;/h3-8,11H,2,9-10,12-13H2,1H3,(H2,24,25,27);1H. The van der Waals surface area contributed by atoms with E-state index in [-0.39, 0.29) is 36.3 Å². The van der Waals surface area contributed by atoms with E-state index in [2.05, 4.69) is 20.6 Å². The quantitative estimate of drug-likeness (QED) is 0.222. The number of nitrogens with zero attached hydrogens (tertiary/aromatic N) is 2. The average Bonchev–Trinajstić information content (AvgIpc) is 2.66. The highest BCUT2D eigenvalue weighted by Crippen LogP contribution is 2.22. The number of halogens is 5. The van der Waals surface area contributed by atoms with Crippen molar-refractivity contribution in [3.8, 4) is 5.75 Å². The molecule has 2 rings (SSSR count). The monoisotopic (exact) mass is 542 g/mol. The first-order valence-electron chi connectivity index (χ1n) is 8.77. The van der Waals surface area contributed by atoms with Crippen molar-refractivity contribution in [2.45, 2.75) is 26.1 Å². The van der Waals surface area contributed by atoms with Gasteiger partial charge in [0.1, 0.15) is 10.9 Å². The molecule has 1 heterocycles. The molecule has 10 heteroatoms. The Hall–Kier alpha value is -1.75. The molecule has 0 fully saturated rings. The number of nitrogens with one attached hydrogen (secondary N) is 2. The van der Waals surface area contributed by atoms with Gasteiger partial charge in [-0.1, -0.05) is 35.9 Å². The molecule has 0 unspecified atom stereocenters. The average molecular weight is 543 g/mol. The first-order chi connectivity index (χ1) is 13.4. The largest absolute Gasteiger partial charge is 0.484 e. The fraction of sp³-hybridized carbons (Fsp3) is 0.368. The number of benzene rings is 1. The molecule has 0 bridgehead atoms. The first-order valence-corrected chi connectivity index (χ1v) is 9.15. The number of ether oxygens (including phenoxy) is 1. The highest BCUT2D eigenvalue weighted by Gasteiger charge is 2.28. The molecule has 0 radical (unpaired) electrons. The maximum atomic E-state index is 12.4. The van der Waals surface area contributed by atoms with Crippen LogP contribution < -0.4 is 15.4 Å². The summed E-state index contributed by atoms with van der Waals surface area (Å²) in [5.41, 5.74) is 1.60. The lowest BCUT2D eigenvalue weighted by molar-refractivity contribution is -0.153. The van der Waals surface area contributed by atoms with Gasteiger partial charge in [-0.2, -0.15) is 13.2 Å². The summed E-state index contributed by atoms with van der Waals surface area (Å²) in [6.45, 7) is 2.05. The molecule has 0 saturated carbocycles. The van der Waals surface area contributed by atoms with E-state index in [1.165, 1.54) is 6.07 Å². The van der Waals surface area contributed by atoms with Gasteiger partial charge in [0.25, 0.3) is 0 Å². The summed E-state index contributed by atoms with van der Waals surface area (Å²) in [6.07, 6.45) is -1.95. The third-order valence-corrected chi connectivity index (χ3v) is 3.83. The van der Waals surface area contributed by atoms with Gasteiger partial charge in [-0.15, -0.1) is 24.0 Å². The minimum atomic E-state index is -4.39. The molecule has 0 aliphatic heterocycles. The second-order valence-electron chi connectivity index (χ2n) is 5.87. The predicted molar refractivity (Wildman–Crippen MR) is 119 cm³/mol. The van der Waals surface area contributed by atoms with E-state index in [0.717, 1.165) is 12.0 Å². The van der Waals surface area contributed by atoms with Crippen molar-refractivity contribution < 1.29 is 17.9 Å².